The van der Waals surface area contributed by atoms with E-state index in [0.29, 0.717) is 12.3 Å². The summed E-state index contributed by atoms with van der Waals surface area (Å²) in [6, 6.07) is 0.515. The van der Waals surface area contributed by atoms with Gasteiger partial charge in [-0.25, -0.2) is 4.39 Å². The molecular weight excluding hydrogens is 198 g/mol. The maximum Gasteiger partial charge on any atom is 0.417 e. The summed E-state index contributed by atoms with van der Waals surface area (Å²) in [4.78, 5) is 3.51. The van der Waals surface area contributed by atoms with Crippen molar-refractivity contribution < 1.29 is 17.6 Å². The second kappa shape index (κ2) is 2.93. The molecule has 14 heavy (non-hydrogen) atoms. The first-order valence-electron chi connectivity index (χ1n) is 4.21. The zero-order chi connectivity index (χ0) is 10.3. The number of pyridine rings is 1. The first kappa shape index (κ1) is 9.43. The minimum Gasteiger partial charge on any atom is -0.257 e. The van der Waals surface area contributed by atoms with E-state index < -0.39 is 17.6 Å². The lowest BCUT2D eigenvalue weighted by Crippen LogP contribution is -2.07. The second-order valence-electron chi connectivity index (χ2n) is 3.36. The third-order valence-electron chi connectivity index (χ3n) is 2.16. The van der Waals surface area contributed by atoms with E-state index in [2.05, 4.69) is 4.98 Å². The number of aromatic nitrogens is 1. The van der Waals surface area contributed by atoms with Gasteiger partial charge in [0, 0.05) is 12.1 Å². The fourth-order valence-corrected chi connectivity index (χ4v) is 1.26. The number of rotatable bonds is 1. The van der Waals surface area contributed by atoms with E-state index in [9.17, 15) is 17.6 Å². The lowest BCUT2D eigenvalue weighted by Gasteiger charge is -2.07. The first-order valence-corrected chi connectivity index (χ1v) is 4.21. The highest BCUT2D eigenvalue weighted by Gasteiger charge is 2.34. The molecule has 0 aromatic carbocycles. The molecule has 0 spiro atoms. The minimum absolute atomic E-state index is 0.0253. The van der Waals surface area contributed by atoms with Crippen LogP contribution in [-0.4, -0.2) is 4.98 Å². The van der Waals surface area contributed by atoms with Crippen LogP contribution in [0.3, 0.4) is 0 Å². The van der Waals surface area contributed by atoms with Gasteiger partial charge >= 0.3 is 6.18 Å². The maximum absolute atomic E-state index is 13.1. The van der Waals surface area contributed by atoms with E-state index in [-0.39, 0.29) is 11.6 Å². The van der Waals surface area contributed by atoms with E-state index in [1.807, 2.05) is 0 Å². The summed E-state index contributed by atoms with van der Waals surface area (Å²) in [6.45, 7) is 0. The van der Waals surface area contributed by atoms with Crippen molar-refractivity contribution in [3.8, 4) is 0 Å². The molecule has 1 aromatic rings. The van der Waals surface area contributed by atoms with Gasteiger partial charge in [-0.1, -0.05) is 0 Å². The number of hydrogen-bond acceptors (Lipinski definition) is 1. The second-order valence-corrected chi connectivity index (χ2v) is 3.36. The minimum atomic E-state index is -4.52. The maximum atomic E-state index is 13.1. The van der Waals surface area contributed by atoms with Crippen LogP contribution in [0.2, 0.25) is 0 Å². The van der Waals surface area contributed by atoms with Crippen LogP contribution in [-0.2, 0) is 6.18 Å². The molecule has 1 aromatic heterocycles. The fraction of sp³-hybridized carbons (Fsp3) is 0.444. The van der Waals surface area contributed by atoms with Crippen LogP contribution in [0.25, 0.3) is 0 Å². The molecule has 0 unspecified atom stereocenters. The van der Waals surface area contributed by atoms with Gasteiger partial charge in [-0.2, -0.15) is 13.2 Å². The van der Waals surface area contributed by atoms with Crippen LogP contribution in [0.1, 0.15) is 30.0 Å². The molecule has 5 heteroatoms. The fourth-order valence-electron chi connectivity index (χ4n) is 1.26. The zero-order valence-corrected chi connectivity index (χ0v) is 7.11. The molecule has 1 saturated carbocycles. The molecule has 0 aliphatic heterocycles. The summed E-state index contributed by atoms with van der Waals surface area (Å²) in [6.07, 6.45) is -2.20. The van der Waals surface area contributed by atoms with E-state index >= 15 is 0 Å². The summed E-state index contributed by atoms with van der Waals surface area (Å²) in [5.41, 5.74) is -0.864. The van der Waals surface area contributed by atoms with Crippen molar-refractivity contribution in [2.75, 3.05) is 0 Å². The molecule has 0 amide bonds. The third-order valence-corrected chi connectivity index (χ3v) is 2.16. The molecule has 0 saturated heterocycles. The van der Waals surface area contributed by atoms with E-state index in [4.69, 9.17) is 0 Å². The lowest BCUT2D eigenvalue weighted by molar-refractivity contribution is -0.138. The van der Waals surface area contributed by atoms with Gasteiger partial charge in [0.15, 0.2) is 0 Å². The van der Waals surface area contributed by atoms with Crippen molar-refractivity contribution in [1.29, 1.82) is 0 Å². The van der Waals surface area contributed by atoms with Crippen LogP contribution in [0.4, 0.5) is 17.6 Å². The Bertz CT molecular complexity index is 354. The van der Waals surface area contributed by atoms with Crippen LogP contribution < -0.4 is 0 Å². The summed E-state index contributed by atoms with van der Waals surface area (Å²) >= 11 is 0. The standard InChI is InChI=1S/C9H7F4N/c10-7-3-6(9(11,12)13)4-14-8(7)5-1-2-5/h3-5H,1-2H2. The molecule has 1 fully saturated rings. The van der Waals surface area contributed by atoms with E-state index in [0.717, 1.165) is 12.8 Å². The normalized spacial score (nSPS) is 17.1. The lowest BCUT2D eigenvalue weighted by atomic mass is 10.2. The Labute approximate surface area is 77.8 Å². The van der Waals surface area contributed by atoms with Gasteiger partial charge in [-0.15, -0.1) is 0 Å². The number of alkyl halides is 3. The SMILES string of the molecule is Fc1cc(C(F)(F)F)cnc1C1CC1. The molecule has 76 valence electrons. The molecule has 0 radical (unpaired) electrons. The molecule has 0 bridgehead atoms. The van der Waals surface area contributed by atoms with Crippen LogP contribution in [0.5, 0.6) is 0 Å². The topological polar surface area (TPSA) is 12.9 Å². The third kappa shape index (κ3) is 1.71. The van der Waals surface area contributed by atoms with E-state index in [1.54, 1.807) is 0 Å². The summed E-state index contributed by atoms with van der Waals surface area (Å²) in [5, 5.41) is 0. The van der Waals surface area contributed by atoms with Crippen molar-refractivity contribution >= 4 is 0 Å². The number of hydrogen-bond donors (Lipinski definition) is 0. The highest BCUT2D eigenvalue weighted by molar-refractivity contribution is 5.23. The molecule has 0 N–H and O–H groups in total. The average molecular weight is 205 g/mol. The van der Waals surface area contributed by atoms with Crippen molar-refractivity contribution in [3.05, 3.63) is 29.3 Å². The van der Waals surface area contributed by atoms with Gasteiger partial charge in [0.1, 0.15) is 5.82 Å². The highest BCUT2D eigenvalue weighted by Crippen LogP contribution is 2.41. The quantitative estimate of drug-likeness (QED) is 0.642. The Kier molecular flexibility index (Phi) is 1.97. The molecule has 1 heterocycles. The van der Waals surface area contributed by atoms with Crippen molar-refractivity contribution in [2.24, 2.45) is 0 Å². The Hall–Kier alpha value is -1.13. The van der Waals surface area contributed by atoms with Gasteiger partial charge in [-0.05, 0) is 18.9 Å². The van der Waals surface area contributed by atoms with Crippen molar-refractivity contribution in [1.82, 2.24) is 4.98 Å². The van der Waals surface area contributed by atoms with E-state index in [1.165, 1.54) is 0 Å². The monoisotopic (exact) mass is 205 g/mol. The van der Waals surface area contributed by atoms with Gasteiger partial charge in [-0.3, -0.25) is 4.98 Å². The molecular formula is C9H7F4N. The Morgan fingerprint density at radius 1 is 1.29 bits per heavy atom. The van der Waals surface area contributed by atoms with Crippen LogP contribution in [0, 0.1) is 5.82 Å². The first-order chi connectivity index (χ1) is 6.48. The summed E-state index contributed by atoms with van der Waals surface area (Å²) in [5.74, 6) is -0.820. The molecule has 2 rings (SSSR count). The Morgan fingerprint density at radius 3 is 2.36 bits per heavy atom. The van der Waals surface area contributed by atoms with Gasteiger partial charge in [0.2, 0.25) is 0 Å². The van der Waals surface area contributed by atoms with Crippen molar-refractivity contribution in [2.45, 2.75) is 24.9 Å². The molecule has 1 nitrogen and oxygen atoms in total. The van der Waals surface area contributed by atoms with Crippen molar-refractivity contribution in [3.63, 3.8) is 0 Å². The summed E-state index contributed by atoms with van der Waals surface area (Å²) < 4.78 is 49.4. The molecule has 1 aliphatic carbocycles. The molecule has 1 aliphatic rings. The smallest absolute Gasteiger partial charge is 0.257 e. The van der Waals surface area contributed by atoms with Gasteiger partial charge < -0.3 is 0 Å². The zero-order valence-electron chi connectivity index (χ0n) is 7.11. The summed E-state index contributed by atoms with van der Waals surface area (Å²) in [7, 11) is 0. The number of halogens is 4. The van der Waals surface area contributed by atoms with Gasteiger partial charge in [0.05, 0.1) is 11.3 Å². The Morgan fingerprint density at radius 2 is 1.93 bits per heavy atom. The average Bonchev–Trinajstić information content (AvgIpc) is 2.85. The predicted octanol–water partition coefficient (Wildman–Crippen LogP) is 3.12. The molecule has 0 atom stereocenters. The largest absolute Gasteiger partial charge is 0.417 e. The Balaban J connectivity index is 2.35. The van der Waals surface area contributed by atoms with Gasteiger partial charge in [0.25, 0.3) is 0 Å². The van der Waals surface area contributed by atoms with Crippen LogP contribution in [0.15, 0.2) is 12.3 Å². The number of nitrogens with zero attached hydrogens (tertiary/aromatic N) is 1. The highest BCUT2D eigenvalue weighted by atomic mass is 19.4. The van der Waals surface area contributed by atoms with Crippen LogP contribution >= 0.6 is 0 Å². The predicted molar refractivity (Wildman–Crippen MR) is 41.2 cm³/mol.